The predicted molar refractivity (Wildman–Crippen MR) is 98.2 cm³/mol. The molecule has 0 aromatic heterocycles. The SMILES string of the molecule is C[C@@H]1CN(C(=O)COC(=O)CN2C(=O)N[C@@]3(CCCC[C@@H]3C)C2=O)C[C@H](C)O1. The molecule has 0 aromatic rings. The second-order valence-corrected chi connectivity index (χ2v) is 8.16. The van der Waals surface area contributed by atoms with E-state index in [1.165, 1.54) is 0 Å². The number of hydrogen-bond donors (Lipinski definition) is 1. The topological polar surface area (TPSA) is 105 Å². The number of esters is 1. The Morgan fingerprint density at radius 1 is 1.18 bits per heavy atom. The van der Waals surface area contributed by atoms with Crippen molar-refractivity contribution in [2.45, 2.75) is 64.2 Å². The number of imide groups is 1. The maximum Gasteiger partial charge on any atom is 0.326 e. The van der Waals surface area contributed by atoms with E-state index in [-0.39, 0.29) is 29.9 Å². The molecule has 3 rings (SSSR count). The van der Waals surface area contributed by atoms with E-state index < -0.39 is 30.7 Å². The van der Waals surface area contributed by atoms with Gasteiger partial charge in [-0.1, -0.05) is 19.8 Å². The van der Waals surface area contributed by atoms with Crippen molar-refractivity contribution in [1.29, 1.82) is 0 Å². The molecule has 9 heteroatoms. The van der Waals surface area contributed by atoms with Crippen molar-refractivity contribution >= 4 is 23.8 Å². The van der Waals surface area contributed by atoms with Crippen LogP contribution < -0.4 is 5.32 Å². The van der Waals surface area contributed by atoms with Gasteiger partial charge in [0, 0.05) is 13.1 Å². The van der Waals surface area contributed by atoms with Crippen molar-refractivity contribution in [2.75, 3.05) is 26.2 Å². The maximum atomic E-state index is 12.8. The molecular formula is C19H29N3O6. The number of carbonyl (C=O) groups is 4. The van der Waals surface area contributed by atoms with Crippen molar-refractivity contribution in [3.05, 3.63) is 0 Å². The molecular weight excluding hydrogens is 366 g/mol. The third kappa shape index (κ3) is 3.99. The lowest BCUT2D eigenvalue weighted by atomic mass is 9.73. The first-order valence-corrected chi connectivity index (χ1v) is 9.96. The molecule has 4 atom stereocenters. The molecule has 1 aliphatic carbocycles. The highest BCUT2D eigenvalue weighted by atomic mass is 16.5. The molecule has 1 N–H and O–H groups in total. The van der Waals surface area contributed by atoms with Crippen LogP contribution in [0, 0.1) is 5.92 Å². The van der Waals surface area contributed by atoms with Gasteiger partial charge in [-0.25, -0.2) is 4.79 Å². The van der Waals surface area contributed by atoms with Crippen molar-refractivity contribution in [3.63, 3.8) is 0 Å². The Hall–Kier alpha value is -2.16. The fraction of sp³-hybridized carbons (Fsp3) is 0.789. The van der Waals surface area contributed by atoms with Gasteiger partial charge in [0.05, 0.1) is 12.2 Å². The van der Waals surface area contributed by atoms with E-state index in [4.69, 9.17) is 9.47 Å². The van der Waals surface area contributed by atoms with Crippen LogP contribution in [0.3, 0.4) is 0 Å². The molecule has 156 valence electrons. The first kappa shape index (κ1) is 20.6. The van der Waals surface area contributed by atoms with Gasteiger partial charge >= 0.3 is 12.0 Å². The van der Waals surface area contributed by atoms with Gasteiger partial charge in [0.2, 0.25) is 0 Å². The lowest BCUT2D eigenvalue weighted by molar-refractivity contribution is -0.158. The van der Waals surface area contributed by atoms with E-state index in [1.54, 1.807) is 4.90 Å². The number of carbonyl (C=O) groups excluding carboxylic acids is 4. The third-order valence-corrected chi connectivity index (χ3v) is 5.92. The fourth-order valence-corrected chi connectivity index (χ4v) is 4.43. The summed E-state index contributed by atoms with van der Waals surface area (Å²) in [5.74, 6) is -1.44. The number of morpholine rings is 1. The summed E-state index contributed by atoms with van der Waals surface area (Å²) in [4.78, 5) is 52.1. The molecule has 1 saturated carbocycles. The molecule has 0 radical (unpaired) electrons. The molecule has 3 aliphatic rings. The van der Waals surface area contributed by atoms with Gasteiger partial charge < -0.3 is 19.7 Å². The lowest BCUT2D eigenvalue weighted by Gasteiger charge is -2.36. The van der Waals surface area contributed by atoms with Crippen LogP contribution >= 0.6 is 0 Å². The summed E-state index contributed by atoms with van der Waals surface area (Å²) >= 11 is 0. The molecule has 0 aromatic carbocycles. The Kier molecular flexibility index (Phi) is 5.92. The predicted octanol–water partition coefficient (Wildman–Crippen LogP) is 0.666. The van der Waals surface area contributed by atoms with E-state index in [2.05, 4.69) is 5.32 Å². The Morgan fingerprint density at radius 3 is 2.50 bits per heavy atom. The van der Waals surface area contributed by atoms with E-state index >= 15 is 0 Å². The van der Waals surface area contributed by atoms with Gasteiger partial charge in [-0.05, 0) is 32.6 Å². The average Bonchev–Trinajstić information content (AvgIpc) is 2.86. The fourth-order valence-electron chi connectivity index (χ4n) is 4.43. The molecule has 4 amide bonds. The quantitative estimate of drug-likeness (QED) is 0.554. The van der Waals surface area contributed by atoms with Crippen molar-refractivity contribution < 1.29 is 28.7 Å². The minimum Gasteiger partial charge on any atom is -0.454 e. The minimum atomic E-state index is -0.911. The molecule has 1 spiro atoms. The number of ether oxygens (including phenoxy) is 2. The van der Waals surface area contributed by atoms with Gasteiger partial charge in [-0.2, -0.15) is 0 Å². The van der Waals surface area contributed by atoms with Crippen LogP contribution in [-0.2, 0) is 23.9 Å². The molecule has 9 nitrogen and oxygen atoms in total. The summed E-state index contributed by atoms with van der Waals surface area (Å²) < 4.78 is 10.6. The summed E-state index contributed by atoms with van der Waals surface area (Å²) in [6, 6.07) is -0.571. The first-order valence-electron chi connectivity index (χ1n) is 9.96. The minimum absolute atomic E-state index is 0.0191. The zero-order valence-electron chi connectivity index (χ0n) is 16.7. The van der Waals surface area contributed by atoms with Crippen LogP contribution in [-0.4, -0.2) is 77.6 Å². The van der Waals surface area contributed by atoms with Crippen LogP contribution in [0.1, 0.15) is 46.5 Å². The first-order chi connectivity index (χ1) is 13.2. The zero-order chi connectivity index (χ0) is 20.5. The Bertz CT molecular complexity index is 658. The Morgan fingerprint density at radius 2 is 1.86 bits per heavy atom. The van der Waals surface area contributed by atoms with Crippen LogP contribution in [0.25, 0.3) is 0 Å². The summed E-state index contributed by atoms with van der Waals surface area (Å²) in [6.45, 7) is 5.68. The summed E-state index contributed by atoms with van der Waals surface area (Å²) in [7, 11) is 0. The molecule has 0 unspecified atom stereocenters. The van der Waals surface area contributed by atoms with Gasteiger partial charge in [0.25, 0.3) is 11.8 Å². The smallest absolute Gasteiger partial charge is 0.326 e. The Balaban J connectivity index is 1.53. The number of urea groups is 1. The van der Waals surface area contributed by atoms with Crippen LogP contribution in [0.4, 0.5) is 4.79 Å². The number of hydrogen-bond acceptors (Lipinski definition) is 6. The van der Waals surface area contributed by atoms with Crippen molar-refractivity contribution in [2.24, 2.45) is 5.92 Å². The summed E-state index contributed by atoms with van der Waals surface area (Å²) in [6.07, 6.45) is 3.16. The van der Waals surface area contributed by atoms with E-state index in [0.717, 1.165) is 24.2 Å². The molecule has 2 aliphatic heterocycles. The van der Waals surface area contributed by atoms with Crippen LogP contribution in [0.2, 0.25) is 0 Å². The van der Waals surface area contributed by atoms with Crippen molar-refractivity contribution in [3.8, 4) is 0 Å². The largest absolute Gasteiger partial charge is 0.454 e. The summed E-state index contributed by atoms with van der Waals surface area (Å²) in [5, 5.41) is 2.79. The second kappa shape index (κ2) is 8.06. The van der Waals surface area contributed by atoms with Gasteiger partial charge in [0.15, 0.2) is 6.61 Å². The van der Waals surface area contributed by atoms with Gasteiger partial charge in [-0.3, -0.25) is 19.3 Å². The number of amides is 4. The van der Waals surface area contributed by atoms with E-state index in [0.29, 0.717) is 19.5 Å². The van der Waals surface area contributed by atoms with E-state index in [1.807, 2.05) is 20.8 Å². The zero-order valence-corrected chi connectivity index (χ0v) is 16.7. The highest BCUT2D eigenvalue weighted by Gasteiger charge is 2.55. The van der Waals surface area contributed by atoms with Crippen molar-refractivity contribution in [1.82, 2.24) is 15.1 Å². The second-order valence-electron chi connectivity index (χ2n) is 8.16. The molecule has 0 bridgehead atoms. The van der Waals surface area contributed by atoms with Crippen LogP contribution in [0.15, 0.2) is 0 Å². The number of rotatable bonds is 4. The lowest BCUT2D eigenvalue weighted by Crippen LogP contribution is -2.54. The normalized spacial score (nSPS) is 33.2. The molecule has 3 fully saturated rings. The van der Waals surface area contributed by atoms with E-state index in [9.17, 15) is 19.2 Å². The maximum absolute atomic E-state index is 12.8. The Labute approximate surface area is 164 Å². The average molecular weight is 395 g/mol. The molecule has 2 saturated heterocycles. The summed E-state index contributed by atoms with van der Waals surface area (Å²) in [5.41, 5.74) is -0.911. The standard InChI is InChI=1S/C19H29N3O6/c1-12-6-4-5-7-19(12)17(25)22(18(26)20-19)10-16(24)27-11-15(23)21-8-13(2)28-14(3)9-21/h12-14H,4-11H2,1-3H3,(H,20,26)/t12-,13-,14+,19+/m0/s1. The van der Waals surface area contributed by atoms with Gasteiger partial charge in [0.1, 0.15) is 12.1 Å². The number of nitrogens with zero attached hydrogens (tertiary/aromatic N) is 2. The number of nitrogens with one attached hydrogen (secondary N) is 1. The highest BCUT2D eigenvalue weighted by molar-refractivity contribution is 6.09. The third-order valence-electron chi connectivity index (χ3n) is 5.92. The molecule has 2 heterocycles. The molecule has 28 heavy (non-hydrogen) atoms. The van der Waals surface area contributed by atoms with Crippen LogP contribution in [0.5, 0.6) is 0 Å². The monoisotopic (exact) mass is 395 g/mol. The van der Waals surface area contributed by atoms with Gasteiger partial charge in [-0.15, -0.1) is 0 Å². The highest BCUT2D eigenvalue weighted by Crippen LogP contribution is 2.38.